The predicted molar refractivity (Wildman–Crippen MR) is 256 cm³/mol. The Morgan fingerprint density at radius 3 is 1.07 bits per heavy atom. The molecular formula is C53H101NO5. The topological polar surface area (TPSA) is 110 Å². The molecule has 0 aromatic heterocycles. The van der Waals surface area contributed by atoms with Gasteiger partial charge in [0.25, 0.3) is 0 Å². The first-order chi connectivity index (χ1) is 29.0. The standard InChI is InChI=1S/C53H101NO5/c1-3-5-7-9-11-13-15-17-19-21-23-25-27-29-31-33-35-37-39-41-43-45-47-51(57)53(59)54-49(48-55)52(58)50(56)46-44-42-40-38-36-34-32-30-28-26-24-22-20-18-16-14-12-10-8-6-4-2/h22,24,30,32,38,40,49-52,55-58H,3-21,23,25-29,31,33-37,39,41-48H2,1-2H3,(H,54,59)/b24-22+,32-30+,40-38+. The van der Waals surface area contributed by atoms with Gasteiger partial charge in [-0.3, -0.25) is 4.79 Å². The molecule has 0 radical (unpaired) electrons. The van der Waals surface area contributed by atoms with Crippen LogP contribution < -0.4 is 5.32 Å². The summed E-state index contributed by atoms with van der Waals surface area (Å²) in [5.74, 6) is -0.596. The fraction of sp³-hybridized carbons (Fsp3) is 0.868. The van der Waals surface area contributed by atoms with Crippen molar-refractivity contribution in [2.24, 2.45) is 0 Å². The Bertz CT molecular complexity index is 935. The number of unbranched alkanes of at least 4 members (excludes halogenated alkanes) is 32. The minimum Gasteiger partial charge on any atom is -0.394 e. The Balaban J connectivity index is 3.73. The maximum atomic E-state index is 12.6. The highest BCUT2D eigenvalue weighted by Gasteiger charge is 2.28. The number of rotatable bonds is 47. The van der Waals surface area contributed by atoms with Crippen molar-refractivity contribution in [3.8, 4) is 0 Å². The number of carbonyl (C=O) groups excluding carboxylic acids is 1. The summed E-state index contributed by atoms with van der Waals surface area (Å²) in [7, 11) is 0. The zero-order chi connectivity index (χ0) is 43.1. The molecule has 0 fully saturated rings. The molecule has 0 heterocycles. The number of hydrogen-bond donors (Lipinski definition) is 5. The van der Waals surface area contributed by atoms with Crippen molar-refractivity contribution in [2.75, 3.05) is 6.61 Å². The smallest absolute Gasteiger partial charge is 0.249 e. The van der Waals surface area contributed by atoms with Gasteiger partial charge in [0.15, 0.2) is 0 Å². The quantitative estimate of drug-likeness (QED) is 0.0310. The van der Waals surface area contributed by atoms with Crippen LogP contribution >= 0.6 is 0 Å². The molecule has 0 aromatic carbocycles. The first-order valence-corrected chi connectivity index (χ1v) is 25.9. The van der Waals surface area contributed by atoms with Crippen LogP contribution in [0.5, 0.6) is 0 Å². The number of hydrogen-bond acceptors (Lipinski definition) is 5. The predicted octanol–water partition coefficient (Wildman–Crippen LogP) is 14.5. The summed E-state index contributed by atoms with van der Waals surface area (Å²) in [5.41, 5.74) is 0. The summed E-state index contributed by atoms with van der Waals surface area (Å²) in [6.45, 7) is 4.05. The highest BCUT2D eigenvalue weighted by molar-refractivity contribution is 5.80. The third-order valence-electron chi connectivity index (χ3n) is 12.1. The molecule has 5 N–H and O–H groups in total. The van der Waals surface area contributed by atoms with E-state index in [1.54, 1.807) is 0 Å². The second-order valence-electron chi connectivity index (χ2n) is 17.8. The van der Waals surface area contributed by atoms with Gasteiger partial charge in [-0.25, -0.2) is 0 Å². The molecule has 0 saturated heterocycles. The number of amides is 1. The normalized spacial score (nSPS) is 14.2. The van der Waals surface area contributed by atoms with Crippen molar-refractivity contribution in [1.82, 2.24) is 5.32 Å². The van der Waals surface area contributed by atoms with Crippen LogP contribution in [0.1, 0.15) is 264 Å². The van der Waals surface area contributed by atoms with Gasteiger partial charge in [-0.1, -0.05) is 237 Å². The second-order valence-corrected chi connectivity index (χ2v) is 17.8. The molecular weight excluding hydrogens is 731 g/mol. The van der Waals surface area contributed by atoms with Gasteiger partial charge >= 0.3 is 0 Å². The van der Waals surface area contributed by atoms with Gasteiger partial charge in [-0.05, 0) is 64.2 Å². The van der Waals surface area contributed by atoms with Gasteiger partial charge in [0, 0.05) is 0 Å². The number of aliphatic hydroxyl groups excluding tert-OH is 4. The molecule has 4 atom stereocenters. The van der Waals surface area contributed by atoms with Gasteiger partial charge in [-0.15, -0.1) is 0 Å². The number of carbonyl (C=O) groups is 1. The minimum atomic E-state index is -1.29. The lowest BCUT2D eigenvalue weighted by Crippen LogP contribution is -2.53. The Hall–Kier alpha value is -1.47. The summed E-state index contributed by atoms with van der Waals surface area (Å²) in [6.07, 6.45) is 57.6. The number of aliphatic hydroxyl groups is 4. The molecule has 6 heteroatoms. The van der Waals surface area contributed by atoms with Gasteiger partial charge in [0.2, 0.25) is 5.91 Å². The zero-order valence-electron chi connectivity index (χ0n) is 39.3. The SMILES string of the molecule is CCCCCCCCCC/C=C/CC/C=C/CC/C=C/CCCC(O)C(O)C(CO)NC(=O)C(O)CCCCCCCCCCCCCCCCCCCCCCCC. The lowest BCUT2D eigenvalue weighted by atomic mass is 10.00. The molecule has 348 valence electrons. The van der Waals surface area contributed by atoms with Gasteiger partial charge in [-0.2, -0.15) is 0 Å². The first-order valence-electron chi connectivity index (χ1n) is 25.9. The summed E-state index contributed by atoms with van der Waals surface area (Å²) in [4.78, 5) is 12.6. The molecule has 0 aromatic rings. The molecule has 4 unspecified atom stereocenters. The third kappa shape index (κ3) is 41.6. The fourth-order valence-electron chi connectivity index (χ4n) is 7.97. The highest BCUT2D eigenvalue weighted by atomic mass is 16.3. The van der Waals surface area contributed by atoms with Crippen molar-refractivity contribution >= 4 is 5.91 Å². The van der Waals surface area contributed by atoms with Gasteiger partial charge in [0.05, 0.1) is 18.8 Å². The van der Waals surface area contributed by atoms with E-state index in [2.05, 4.69) is 55.6 Å². The molecule has 0 saturated carbocycles. The van der Waals surface area contributed by atoms with Crippen LogP contribution in [0.4, 0.5) is 0 Å². The molecule has 0 bridgehead atoms. The molecule has 0 aliphatic rings. The van der Waals surface area contributed by atoms with Crippen molar-refractivity contribution in [3.63, 3.8) is 0 Å². The van der Waals surface area contributed by atoms with E-state index in [1.165, 1.54) is 180 Å². The van der Waals surface area contributed by atoms with Crippen molar-refractivity contribution < 1.29 is 25.2 Å². The van der Waals surface area contributed by atoms with E-state index < -0.39 is 36.9 Å². The van der Waals surface area contributed by atoms with Crippen LogP contribution in [0.2, 0.25) is 0 Å². The van der Waals surface area contributed by atoms with E-state index >= 15 is 0 Å². The molecule has 0 rings (SSSR count). The monoisotopic (exact) mass is 832 g/mol. The maximum Gasteiger partial charge on any atom is 0.249 e. The molecule has 1 amide bonds. The van der Waals surface area contributed by atoms with E-state index in [0.29, 0.717) is 19.3 Å². The van der Waals surface area contributed by atoms with Crippen LogP contribution in [0, 0.1) is 0 Å². The van der Waals surface area contributed by atoms with E-state index in [0.717, 1.165) is 51.4 Å². The van der Waals surface area contributed by atoms with E-state index in [1.807, 2.05) is 0 Å². The third-order valence-corrected chi connectivity index (χ3v) is 12.1. The van der Waals surface area contributed by atoms with Crippen molar-refractivity contribution in [2.45, 2.75) is 289 Å². The van der Waals surface area contributed by atoms with E-state index in [-0.39, 0.29) is 0 Å². The molecule has 6 nitrogen and oxygen atoms in total. The first kappa shape index (κ1) is 57.5. The van der Waals surface area contributed by atoms with Crippen LogP contribution in [-0.2, 0) is 4.79 Å². The lowest BCUT2D eigenvalue weighted by Gasteiger charge is -2.27. The summed E-state index contributed by atoms with van der Waals surface area (Å²) in [6, 6.07) is -1.01. The summed E-state index contributed by atoms with van der Waals surface area (Å²) >= 11 is 0. The number of nitrogens with one attached hydrogen (secondary N) is 1. The molecule has 0 aliphatic carbocycles. The minimum absolute atomic E-state index is 0.362. The molecule has 0 aliphatic heterocycles. The largest absolute Gasteiger partial charge is 0.394 e. The van der Waals surface area contributed by atoms with Crippen LogP contribution in [0.15, 0.2) is 36.5 Å². The van der Waals surface area contributed by atoms with Crippen molar-refractivity contribution in [3.05, 3.63) is 36.5 Å². The number of allylic oxidation sites excluding steroid dienone is 6. The Morgan fingerprint density at radius 1 is 0.407 bits per heavy atom. The fourth-order valence-corrected chi connectivity index (χ4v) is 7.97. The average Bonchev–Trinajstić information content (AvgIpc) is 3.24. The second kappa shape index (κ2) is 47.6. The summed E-state index contributed by atoms with van der Waals surface area (Å²) < 4.78 is 0. The van der Waals surface area contributed by atoms with E-state index in [9.17, 15) is 25.2 Å². The van der Waals surface area contributed by atoms with E-state index in [4.69, 9.17) is 0 Å². The zero-order valence-corrected chi connectivity index (χ0v) is 39.3. The van der Waals surface area contributed by atoms with Gasteiger partial charge < -0.3 is 25.7 Å². The van der Waals surface area contributed by atoms with Crippen molar-refractivity contribution in [1.29, 1.82) is 0 Å². The molecule has 0 spiro atoms. The van der Waals surface area contributed by atoms with Crippen LogP contribution in [0.3, 0.4) is 0 Å². The summed E-state index contributed by atoms with van der Waals surface area (Å²) in [5, 5.41) is 43.8. The van der Waals surface area contributed by atoms with Gasteiger partial charge in [0.1, 0.15) is 12.2 Å². The van der Waals surface area contributed by atoms with Crippen LogP contribution in [0.25, 0.3) is 0 Å². The Morgan fingerprint density at radius 2 is 0.712 bits per heavy atom. The lowest BCUT2D eigenvalue weighted by molar-refractivity contribution is -0.132. The molecule has 59 heavy (non-hydrogen) atoms. The Labute approximate surface area is 367 Å². The average molecular weight is 832 g/mol. The highest BCUT2D eigenvalue weighted by Crippen LogP contribution is 2.17. The Kier molecular flexibility index (Phi) is 46.4. The van der Waals surface area contributed by atoms with Crippen LogP contribution in [-0.4, -0.2) is 57.3 Å². The maximum absolute atomic E-state index is 12.6.